The van der Waals surface area contributed by atoms with Crippen LogP contribution in [0.1, 0.15) is 253 Å². The third-order valence-electron chi connectivity index (χ3n) is 31.4. The Hall–Kier alpha value is -8.60. The first-order chi connectivity index (χ1) is 54.9. The summed E-state index contributed by atoms with van der Waals surface area (Å²) in [4.78, 5) is 0. The molecule has 4 heterocycles. The minimum absolute atomic E-state index is 0.529. The van der Waals surface area contributed by atoms with E-state index < -0.39 is 0 Å². The van der Waals surface area contributed by atoms with Gasteiger partial charge in [0.25, 0.3) is 0 Å². The van der Waals surface area contributed by atoms with Crippen molar-refractivity contribution in [2.24, 2.45) is 49.9 Å². The van der Waals surface area contributed by atoms with E-state index in [-0.39, 0.29) is 0 Å². The summed E-state index contributed by atoms with van der Waals surface area (Å²) in [5.41, 5.74) is 48.3. The first-order valence-corrected chi connectivity index (χ1v) is 45.0. The quantitative estimate of drug-likeness (QED) is 0.156. The molecular weight excluding hydrogens is 1380 g/mol. The fraction of sp³-hybridized carbons (Fsp3) is 0.455. The first kappa shape index (κ1) is 77.9. The largest absolute Gasteiger partial charge is 0.216 e. The number of nitrogens with zero attached hydrogens (tertiary/aromatic N) is 4. The van der Waals surface area contributed by atoms with Crippen LogP contribution in [0, 0.1) is 105 Å². The molecule has 8 aromatic carbocycles. The third-order valence-corrected chi connectivity index (χ3v) is 31.4. The number of aryl methyl sites for hydroxylation is 15. The number of para-hydroxylation sites is 1. The second-order valence-electron chi connectivity index (χ2n) is 39.0. The number of fused-ring (bicyclic) bond motifs is 10. The molecule has 8 aliphatic carbocycles. The molecule has 114 heavy (non-hydrogen) atoms. The average Bonchev–Trinajstić information content (AvgIpc) is 1.51. The molecule has 4 fully saturated rings. The Balaban J connectivity index is 0.000000110. The molecule has 8 aliphatic rings. The van der Waals surface area contributed by atoms with E-state index in [0.29, 0.717) is 21.7 Å². The highest BCUT2D eigenvalue weighted by molar-refractivity contribution is 5.87. The molecule has 0 amide bonds. The van der Waals surface area contributed by atoms with E-state index in [1.807, 2.05) is 0 Å². The zero-order valence-electron chi connectivity index (χ0n) is 72.9. The first-order valence-electron chi connectivity index (χ1n) is 45.0. The van der Waals surface area contributed by atoms with Gasteiger partial charge in [-0.25, -0.2) is 0 Å². The highest BCUT2D eigenvalue weighted by Crippen LogP contribution is 2.54. The van der Waals surface area contributed by atoms with Crippen LogP contribution in [0.2, 0.25) is 0 Å². The summed E-state index contributed by atoms with van der Waals surface area (Å²) in [6, 6.07) is 56.6. The van der Waals surface area contributed by atoms with Crippen LogP contribution in [0.3, 0.4) is 0 Å². The van der Waals surface area contributed by atoms with Crippen LogP contribution in [-0.2, 0) is 79.6 Å². The normalized spacial score (nSPS) is 18.1. The van der Waals surface area contributed by atoms with Gasteiger partial charge in [-0.2, -0.15) is 18.3 Å². The van der Waals surface area contributed by atoms with Gasteiger partial charge in [0, 0.05) is 91.8 Å². The lowest BCUT2D eigenvalue weighted by Gasteiger charge is -2.41. The van der Waals surface area contributed by atoms with Crippen molar-refractivity contribution >= 4 is 43.6 Å². The summed E-state index contributed by atoms with van der Waals surface area (Å²) < 4.78 is 9.74. The van der Waals surface area contributed by atoms with E-state index in [1.54, 1.807) is 44.5 Å². The fourth-order valence-corrected chi connectivity index (χ4v) is 24.4. The molecule has 4 nitrogen and oxygen atoms in total. The van der Waals surface area contributed by atoms with Gasteiger partial charge in [0.2, 0.25) is 44.8 Å². The van der Waals surface area contributed by atoms with Gasteiger partial charge >= 0.3 is 0 Å². The molecule has 588 valence electrons. The summed E-state index contributed by atoms with van der Waals surface area (Å²) in [6.07, 6.45) is 41.7. The van der Waals surface area contributed by atoms with Crippen molar-refractivity contribution in [1.82, 2.24) is 0 Å². The Morgan fingerprint density at radius 3 is 1.11 bits per heavy atom. The Morgan fingerprint density at radius 2 is 0.605 bits per heavy atom. The van der Waals surface area contributed by atoms with Gasteiger partial charge in [-0.1, -0.05) is 135 Å². The van der Waals surface area contributed by atoms with Gasteiger partial charge in [-0.15, -0.1) is 0 Å². The van der Waals surface area contributed by atoms with E-state index in [0.717, 1.165) is 0 Å². The van der Waals surface area contributed by atoms with Crippen LogP contribution < -0.4 is 18.3 Å². The molecule has 0 aliphatic heterocycles. The molecule has 0 bridgehead atoms. The summed E-state index contributed by atoms with van der Waals surface area (Å²) in [5, 5.41) is 5.73. The van der Waals surface area contributed by atoms with E-state index in [9.17, 15) is 0 Å². The van der Waals surface area contributed by atoms with Crippen LogP contribution in [0.25, 0.3) is 88.6 Å². The SMILES string of the molecule is Cc1cc(C)c(C)c(-c2c3c(c4ccccc4[n+]2C)CC2(CCCC2)C3)c1.Cc1cc(C)c(C)c(-c2ccc3c4c(ccc3[n+]2C)CC2(CCCCC2)CC4)c1.Cc1cc(C)c(C)c(-c2ccc3cc4c(cc3[n+]2C)CC2(CCCCC2)CC4)c1.Cc1cc(C)c(C)c(-c2ccc3cc4c(cc3[n+]2C)CCC2(CCCCC2)C4)c1. The lowest BCUT2D eigenvalue weighted by atomic mass is 9.63. The highest BCUT2D eigenvalue weighted by Gasteiger charge is 2.45. The van der Waals surface area contributed by atoms with Crippen molar-refractivity contribution in [3.63, 3.8) is 0 Å². The lowest BCUT2D eigenvalue weighted by molar-refractivity contribution is -0.634. The summed E-state index contributed by atoms with van der Waals surface area (Å²) >= 11 is 0. The van der Waals surface area contributed by atoms with Gasteiger partial charge in [0.05, 0.1) is 0 Å². The van der Waals surface area contributed by atoms with Crippen LogP contribution in [0.4, 0.5) is 0 Å². The molecule has 4 heteroatoms. The standard InChI is InChI=1S/3C28H34N.C26H30N/c1-19-16-20(2)21(3)25(17-19)27-11-9-24-23-12-15-28(13-6-5-7-14-28)18-22(23)8-10-26(24)29(27)4;1-19-14-20(2)21(3)25(15-19)26-9-8-23-16-24-18-28(11-6-5-7-12-28)13-10-22(24)17-27(23)29(26)4;1-19-14-20(2)21(3)25(15-19)26-9-8-23-16-22-10-13-28(11-6-5-7-12-28)18-24(22)17-27(23)29(26)4;1-17-13-18(2)19(3)21(14-17)25-23-16-26(11-7-8-12-26)15-22(23)20-9-5-6-10-24(20)27(25)4/h8-11,16-17H,5-7,12-15,18H2,1-4H3;2*8-9,14-17H,5-7,10-13,18H2,1-4H3;5-6,9-10,13-14H,7-8,11-12,15-16H2,1-4H3/q4*+1. The van der Waals surface area contributed by atoms with Crippen molar-refractivity contribution in [3.05, 3.63) is 257 Å². The molecule has 12 aromatic rings. The predicted octanol–water partition coefficient (Wildman–Crippen LogP) is 26.0. The average molecular weight is 1510 g/mol. The minimum atomic E-state index is 0.529. The van der Waals surface area contributed by atoms with Gasteiger partial charge in [-0.3, -0.25) is 0 Å². The Morgan fingerprint density at radius 1 is 0.246 bits per heavy atom. The van der Waals surface area contributed by atoms with E-state index in [1.165, 1.54) is 348 Å². The number of hydrogen-bond donors (Lipinski definition) is 0. The molecular formula is C110H132N4+4. The zero-order chi connectivity index (χ0) is 79.3. The maximum Gasteiger partial charge on any atom is 0.216 e. The number of hydrogen-bond acceptors (Lipinski definition) is 0. The Labute approximate surface area is 684 Å². The van der Waals surface area contributed by atoms with E-state index in [2.05, 4.69) is 275 Å². The van der Waals surface area contributed by atoms with Crippen LogP contribution in [-0.4, -0.2) is 0 Å². The molecule has 4 aromatic heterocycles. The van der Waals surface area contributed by atoms with Crippen LogP contribution in [0.5, 0.6) is 0 Å². The molecule has 4 saturated carbocycles. The van der Waals surface area contributed by atoms with Crippen LogP contribution >= 0.6 is 0 Å². The second-order valence-corrected chi connectivity index (χ2v) is 39.0. The molecule has 0 atom stereocenters. The van der Waals surface area contributed by atoms with Crippen molar-refractivity contribution in [1.29, 1.82) is 0 Å². The number of pyridine rings is 4. The zero-order valence-corrected chi connectivity index (χ0v) is 72.9. The van der Waals surface area contributed by atoms with Gasteiger partial charge < -0.3 is 0 Å². The van der Waals surface area contributed by atoms with Crippen molar-refractivity contribution < 1.29 is 18.3 Å². The molecule has 0 N–H and O–H groups in total. The Kier molecular flexibility index (Phi) is 21.3. The maximum atomic E-state index is 2.53. The van der Waals surface area contributed by atoms with Gasteiger partial charge in [0.15, 0.2) is 0 Å². The monoisotopic (exact) mass is 1510 g/mol. The Bertz CT molecular complexity index is 5700. The highest BCUT2D eigenvalue weighted by atomic mass is 15.0. The fourth-order valence-electron chi connectivity index (χ4n) is 24.4. The van der Waals surface area contributed by atoms with Gasteiger partial charge in [-0.05, 0) is 371 Å². The number of aromatic nitrogens is 4. The second kappa shape index (κ2) is 31.1. The van der Waals surface area contributed by atoms with Crippen molar-refractivity contribution in [3.8, 4) is 45.0 Å². The van der Waals surface area contributed by atoms with Crippen molar-refractivity contribution in [2.45, 2.75) is 276 Å². The molecule has 20 rings (SSSR count). The third kappa shape index (κ3) is 14.6. The molecule has 0 radical (unpaired) electrons. The van der Waals surface area contributed by atoms with E-state index in [4.69, 9.17) is 0 Å². The maximum absolute atomic E-state index is 2.53. The molecule has 0 saturated heterocycles. The van der Waals surface area contributed by atoms with Gasteiger partial charge in [0.1, 0.15) is 28.2 Å². The lowest BCUT2D eigenvalue weighted by Crippen LogP contribution is -2.34. The van der Waals surface area contributed by atoms with E-state index >= 15 is 0 Å². The number of benzene rings is 8. The molecule has 4 spiro atoms. The molecule has 0 unspecified atom stereocenters. The van der Waals surface area contributed by atoms with Crippen molar-refractivity contribution in [2.75, 3.05) is 0 Å². The summed E-state index contributed by atoms with van der Waals surface area (Å²) in [5.74, 6) is 0. The minimum Gasteiger partial charge on any atom is -0.194 e. The smallest absolute Gasteiger partial charge is 0.194 e. The predicted molar refractivity (Wildman–Crippen MR) is 480 cm³/mol. The summed E-state index contributed by atoms with van der Waals surface area (Å²) in [6.45, 7) is 26.8. The van der Waals surface area contributed by atoms with Crippen LogP contribution in [0.15, 0.2) is 146 Å². The summed E-state index contributed by atoms with van der Waals surface area (Å²) in [7, 11) is 9.01. The number of rotatable bonds is 4. The topological polar surface area (TPSA) is 15.5 Å².